The topological polar surface area (TPSA) is 62.2 Å². The summed E-state index contributed by atoms with van der Waals surface area (Å²) in [5, 5.41) is 11.9. The molecule has 1 aliphatic rings. The smallest absolute Gasteiger partial charge is 0.339 e. The maximum absolute atomic E-state index is 11.1. The number of rotatable bonds is 3. The number of nitrogens with zero attached hydrogens (tertiary/aromatic N) is 1. The predicted molar refractivity (Wildman–Crippen MR) is 60.5 cm³/mol. The highest BCUT2D eigenvalue weighted by atomic mass is 16.4. The largest absolute Gasteiger partial charge is 0.478 e. The lowest BCUT2D eigenvalue weighted by Crippen LogP contribution is -2.10. The highest BCUT2D eigenvalue weighted by Crippen LogP contribution is 2.25. The normalized spacial score (nSPS) is 12.9. The van der Waals surface area contributed by atoms with Gasteiger partial charge in [-0.15, -0.1) is 6.42 Å². The maximum atomic E-state index is 11.1. The van der Waals surface area contributed by atoms with E-state index in [2.05, 4.69) is 16.2 Å². The molecule has 1 heterocycles. The van der Waals surface area contributed by atoms with Gasteiger partial charge in [-0.1, -0.05) is 5.92 Å². The van der Waals surface area contributed by atoms with Crippen LogP contribution in [0.3, 0.4) is 0 Å². The molecular weight excluding hydrogens is 204 g/mol. The van der Waals surface area contributed by atoms with E-state index in [0.717, 1.165) is 30.5 Å². The van der Waals surface area contributed by atoms with E-state index in [-0.39, 0.29) is 12.1 Å². The number of carboxylic acids is 1. The van der Waals surface area contributed by atoms with Gasteiger partial charge in [-0.25, -0.2) is 9.78 Å². The predicted octanol–water partition coefficient (Wildman–Crippen LogP) is 1.31. The molecule has 0 atom stereocenters. The van der Waals surface area contributed by atoms with Crippen LogP contribution in [-0.2, 0) is 12.8 Å². The Hall–Kier alpha value is -2.02. The van der Waals surface area contributed by atoms with Crippen molar-refractivity contribution in [3.8, 4) is 12.3 Å². The average molecular weight is 216 g/mol. The average Bonchev–Trinajstić information content (AvgIpc) is 2.71. The van der Waals surface area contributed by atoms with Crippen molar-refractivity contribution in [2.45, 2.75) is 19.3 Å². The van der Waals surface area contributed by atoms with Crippen molar-refractivity contribution in [1.29, 1.82) is 0 Å². The van der Waals surface area contributed by atoms with Crippen molar-refractivity contribution in [2.75, 3.05) is 11.9 Å². The Bertz CT molecular complexity index is 475. The lowest BCUT2D eigenvalue weighted by atomic mass is 10.1. The number of hydrogen-bond donors (Lipinski definition) is 2. The van der Waals surface area contributed by atoms with Crippen LogP contribution in [0.15, 0.2) is 6.07 Å². The van der Waals surface area contributed by atoms with E-state index >= 15 is 0 Å². The van der Waals surface area contributed by atoms with Gasteiger partial charge in [0.2, 0.25) is 0 Å². The first kappa shape index (κ1) is 10.5. The minimum Gasteiger partial charge on any atom is -0.478 e. The first-order valence-electron chi connectivity index (χ1n) is 5.16. The molecule has 0 saturated carbocycles. The Kier molecular flexibility index (Phi) is 2.78. The van der Waals surface area contributed by atoms with Gasteiger partial charge in [-0.3, -0.25) is 0 Å². The van der Waals surface area contributed by atoms with Crippen LogP contribution >= 0.6 is 0 Å². The number of carbonyl (C=O) groups is 1. The molecule has 0 aromatic carbocycles. The second-order valence-electron chi connectivity index (χ2n) is 3.71. The van der Waals surface area contributed by atoms with Gasteiger partial charge in [-0.2, -0.15) is 0 Å². The number of terminal acetylenes is 1. The number of nitrogens with one attached hydrogen (secondary N) is 1. The van der Waals surface area contributed by atoms with Gasteiger partial charge < -0.3 is 10.4 Å². The van der Waals surface area contributed by atoms with Crippen LogP contribution in [0.1, 0.15) is 28.0 Å². The molecule has 1 aromatic rings. The molecule has 82 valence electrons. The molecular formula is C12H12N2O2. The zero-order valence-electron chi connectivity index (χ0n) is 8.79. The molecule has 1 aromatic heterocycles. The molecule has 0 aliphatic heterocycles. The number of aryl methyl sites for hydroxylation is 2. The van der Waals surface area contributed by atoms with Crippen LogP contribution in [0.2, 0.25) is 0 Å². The molecule has 1 aliphatic carbocycles. The third-order valence-electron chi connectivity index (χ3n) is 2.64. The fraction of sp³-hybridized carbons (Fsp3) is 0.333. The Morgan fingerprint density at radius 1 is 1.62 bits per heavy atom. The molecule has 2 N–H and O–H groups in total. The second kappa shape index (κ2) is 4.23. The van der Waals surface area contributed by atoms with Crippen LogP contribution in [0.5, 0.6) is 0 Å². The van der Waals surface area contributed by atoms with Crippen LogP contribution in [0, 0.1) is 12.3 Å². The molecule has 4 heteroatoms. The lowest BCUT2D eigenvalue weighted by Gasteiger charge is -2.08. The minimum atomic E-state index is -0.971. The Labute approximate surface area is 93.7 Å². The summed E-state index contributed by atoms with van der Waals surface area (Å²) in [6.07, 6.45) is 8.00. The lowest BCUT2D eigenvalue weighted by molar-refractivity contribution is 0.0697. The fourth-order valence-electron chi connectivity index (χ4n) is 1.90. The van der Waals surface area contributed by atoms with Crippen molar-refractivity contribution in [2.24, 2.45) is 0 Å². The van der Waals surface area contributed by atoms with Gasteiger partial charge in [0.05, 0.1) is 6.54 Å². The summed E-state index contributed by atoms with van der Waals surface area (Å²) in [5.74, 6) is 1.82. The molecule has 2 rings (SSSR count). The molecule has 0 radical (unpaired) electrons. The Morgan fingerprint density at radius 3 is 3.12 bits per heavy atom. The molecule has 0 spiro atoms. The van der Waals surface area contributed by atoms with Crippen LogP contribution in [0.4, 0.5) is 5.82 Å². The van der Waals surface area contributed by atoms with Crippen molar-refractivity contribution >= 4 is 11.8 Å². The SMILES string of the molecule is C#CCNc1nc2c(cc1C(=O)O)CCC2. The number of hydrogen-bond acceptors (Lipinski definition) is 3. The summed E-state index contributed by atoms with van der Waals surface area (Å²) in [4.78, 5) is 15.4. The van der Waals surface area contributed by atoms with E-state index < -0.39 is 5.97 Å². The highest BCUT2D eigenvalue weighted by Gasteiger charge is 2.19. The summed E-state index contributed by atoms with van der Waals surface area (Å²) in [5.41, 5.74) is 2.24. The summed E-state index contributed by atoms with van der Waals surface area (Å²) >= 11 is 0. The van der Waals surface area contributed by atoms with Crippen molar-refractivity contribution in [3.63, 3.8) is 0 Å². The van der Waals surface area contributed by atoms with Crippen LogP contribution < -0.4 is 5.32 Å². The molecule has 0 unspecified atom stereocenters. The van der Waals surface area contributed by atoms with Crippen molar-refractivity contribution in [1.82, 2.24) is 4.98 Å². The van der Waals surface area contributed by atoms with E-state index in [1.165, 1.54) is 0 Å². The number of anilines is 1. The van der Waals surface area contributed by atoms with Crippen molar-refractivity contribution < 1.29 is 9.90 Å². The fourth-order valence-corrected chi connectivity index (χ4v) is 1.90. The van der Waals surface area contributed by atoms with Gasteiger partial charge in [0.25, 0.3) is 0 Å². The van der Waals surface area contributed by atoms with E-state index in [9.17, 15) is 4.79 Å². The molecule has 4 nitrogen and oxygen atoms in total. The number of fused-ring (bicyclic) bond motifs is 1. The molecule has 0 bridgehead atoms. The molecule has 0 amide bonds. The first-order valence-corrected chi connectivity index (χ1v) is 5.16. The van der Waals surface area contributed by atoms with Gasteiger partial charge >= 0.3 is 5.97 Å². The minimum absolute atomic E-state index is 0.205. The van der Waals surface area contributed by atoms with Gasteiger partial charge in [0.1, 0.15) is 11.4 Å². The second-order valence-corrected chi connectivity index (χ2v) is 3.71. The monoisotopic (exact) mass is 216 g/mol. The van der Waals surface area contributed by atoms with E-state index in [4.69, 9.17) is 11.5 Å². The van der Waals surface area contributed by atoms with Gasteiger partial charge in [0, 0.05) is 5.69 Å². The van der Waals surface area contributed by atoms with Crippen LogP contribution in [-0.4, -0.2) is 22.6 Å². The number of carboxylic acid groups (broad SMARTS) is 1. The zero-order chi connectivity index (χ0) is 11.5. The highest BCUT2D eigenvalue weighted by molar-refractivity contribution is 5.93. The van der Waals surface area contributed by atoms with E-state index in [1.807, 2.05) is 0 Å². The Balaban J connectivity index is 2.41. The van der Waals surface area contributed by atoms with E-state index in [1.54, 1.807) is 6.07 Å². The third kappa shape index (κ3) is 1.84. The first-order chi connectivity index (χ1) is 7.72. The Morgan fingerprint density at radius 2 is 2.44 bits per heavy atom. The molecule has 0 fully saturated rings. The number of aromatic nitrogens is 1. The summed E-state index contributed by atoms with van der Waals surface area (Å²) in [6, 6.07) is 1.70. The van der Waals surface area contributed by atoms with Crippen LogP contribution in [0.25, 0.3) is 0 Å². The summed E-state index contributed by atoms with van der Waals surface area (Å²) in [7, 11) is 0. The van der Waals surface area contributed by atoms with Gasteiger partial charge in [-0.05, 0) is 30.9 Å². The molecule has 16 heavy (non-hydrogen) atoms. The number of aromatic carboxylic acids is 1. The zero-order valence-corrected chi connectivity index (χ0v) is 8.79. The quantitative estimate of drug-likeness (QED) is 0.748. The summed E-state index contributed by atoms with van der Waals surface area (Å²) in [6.45, 7) is 0.284. The van der Waals surface area contributed by atoms with Gasteiger partial charge in [0.15, 0.2) is 0 Å². The van der Waals surface area contributed by atoms with Crippen molar-refractivity contribution in [3.05, 3.63) is 22.9 Å². The summed E-state index contributed by atoms with van der Waals surface area (Å²) < 4.78 is 0. The number of pyridine rings is 1. The maximum Gasteiger partial charge on any atom is 0.339 e. The van der Waals surface area contributed by atoms with E-state index in [0.29, 0.717) is 5.82 Å². The third-order valence-corrected chi connectivity index (χ3v) is 2.64. The standard InChI is InChI=1S/C12H12N2O2/c1-2-6-13-11-9(12(15)16)7-8-4-3-5-10(8)14-11/h1,7H,3-6H2,(H,13,14)(H,15,16). The molecule has 0 saturated heterocycles.